The zero-order valence-electron chi connectivity index (χ0n) is 17.7. The molecule has 0 radical (unpaired) electrons. The van der Waals surface area contributed by atoms with E-state index in [2.05, 4.69) is 4.90 Å². The number of benzene rings is 2. The zero-order chi connectivity index (χ0) is 22.0. The quantitative estimate of drug-likeness (QED) is 0.627. The maximum Gasteiger partial charge on any atom is 0.261 e. The number of rotatable bonds is 7. The first-order chi connectivity index (χ1) is 15.0. The highest BCUT2D eigenvalue weighted by Crippen LogP contribution is 2.39. The van der Waals surface area contributed by atoms with Crippen molar-refractivity contribution in [2.45, 2.75) is 32.0 Å². The van der Waals surface area contributed by atoms with Crippen LogP contribution in [0.25, 0.3) is 10.9 Å². The number of ether oxygens (including phenoxy) is 2. The van der Waals surface area contributed by atoms with E-state index < -0.39 is 5.91 Å². The van der Waals surface area contributed by atoms with Crippen LogP contribution in [0.3, 0.4) is 0 Å². The molecule has 0 bridgehead atoms. The normalized spacial score (nSPS) is 16.5. The van der Waals surface area contributed by atoms with Crippen molar-refractivity contribution in [1.29, 1.82) is 0 Å². The molecule has 31 heavy (non-hydrogen) atoms. The first-order valence-corrected chi connectivity index (χ1v) is 10.2. The summed E-state index contributed by atoms with van der Waals surface area (Å²) < 4.78 is 12.4. The van der Waals surface area contributed by atoms with E-state index in [1.165, 1.54) is 4.57 Å². The first-order valence-electron chi connectivity index (χ1n) is 10.2. The third-order valence-electron chi connectivity index (χ3n) is 5.76. The highest BCUT2D eigenvalue weighted by atomic mass is 16.5. The van der Waals surface area contributed by atoms with Gasteiger partial charge in [0, 0.05) is 11.6 Å². The Hall–Kier alpha value is -3.39. The van der Waals surface area contributed by atoms with Crippen LogP contribution in [0.15, 0.2) is 47.3 Å². The Morgan fingerprint density at radius 3 is 2.74 bits per heavy atom. The van der Waals surface area contributed by atoms with E-state index in [1.54, 1.807) is 32.4 Å². The molecule has 162 valence electrons. The van der Waals surface area contributed by atoms with E-state index in [9.17, 15) is 9.59 Å². The predicted molar refractivity (Wildman–Crippen MR) is 117 cm³/mol. The number of primary amides is 1. The maximum absolute atomic E-state index is 13.1. The van der Waals surface area contributed by atoms with Crippen molar-refractivity contribution in [2.24, 2.45) is 5.73 Å². The molecule has 8 heteroatoms. The van der Waals surface area contributed by atoms with Gasteiger partial charge in [0.05, 0.1) is 31.7 Å². The Labute approximate surface area is 180 Å². The molecule has 1 aliphatic rings. The van der Waals surface area contributed by atoms with E-state index in [0.29, 0.717) is 23.3 Å². The van der Waals surface area contributed by atoms with Crippen LogP contribution in [0.4, 0.5) is 0 Å². The van der Waals surface area contributed by atoms with Crippen LogP contribution in [0.1, 0.15) is 30.3 Å². The average molecular weight is 422 g/mol. The lowest BCUT2D eigenvalue weighted by Gasteiger charge is -2.27. The number of carbonyl (C=O) groups excluding carboxylic acids is 1. The number of amides is 1. The van der Waals surface area contributed by atoms with E-state index in [-0.39, 0.29) is 18.1 Å². The topological polar surface area (TPSA) is 99.7 Å². The fraction of sp³-hybridized carbons (Fsp3) is 0.348. The Morgan fingerprint density at radius 1 is 1.19 bits per heavy atom. The van der Waals surface area contributed by atoms with Crippen molar-refractivity contribution >= 4 is 16.8 Å². The van der Waals surface area contributed by atoms with Crippen LogP contribution in [0, 0.1) is 0 Å². The number of methoxy groups -OCH3 is 2. The van der Waals surface area contributed by atoms with Gasteiger partial charge in [0.2, 0.25) is 5.91 Å². The predicted octanol–water partition coefficient (Wildman–Crippen LogP) is 2.24. The number of hydrogen-bond acceptors (Lipinski definition) is 6. The van der Waals surface area contributed by atoms with Crippen molar-refractivity contribution in [3.8, 4) is 11.5 Å². The van der Waals surface area contributed by atoms with Gasteiger partial charge in [-0.05, 0) is 49.7 Å². The molecule has 2 N–H and O–H groups in total. The average Bonchev–Trinajstić information content (AvgIpc) is 3.23. The number of fused-ring (bicyclic) bond motifs is 1. The number of para-hydroxylation sites is 1. The molecule has 0 unspecified atom stereocenters. The third kappa shape index (κ3) is 4.11. The van der Waals surface area contributed by atoms with Crippen molar-refractivity contribution in [2.75, 3.05) is 20.8 Å². The van der Waals surface area contributed by atoms with Gasteiger partial charge in [-0.15, -0.1) is 0 Å². The van der Waals surface area contributed by atoms with Crippen LogP contribution < -0.4 is 20.8 Å². The van der Waals surface area contributed by atoms with Crippen LogP contribution in [-0.4, -0.2) is 41.1 Å². The van der Waals surface area contributed by atoms with E-state index in [4.69, 9.17) is 20.2 Å². The molecule has 1 fully saturated rings. The van der Waals surface area contributed by atoms with Gasteiger partial charge in [-0.25, -0.2) is 4.98 Å². The molecule has 0 aliphatic carbocycles. The first kappa shape index (κ1) is 20.9. The number of nitrogens with two attached hydrogens (primary N) is 1. The molecule has 3 aromatic rings. The Bertz CT molecular complexity index is 1170. The Kier molecular flexibility index (Phi) is 5.90. The van der Waals surface area contributed by atoms with E-state index in [1.807, 2.05) is 24.3 Å². The number of hydrogen-bond donors (Lipinski definition) is 1. The van der Waals surface area contributed by atoms with Gasteiger partial charge in [-0.2, -0.15) is 0 Å². The SMILES string of the molecule is COc1ccc(OC)c([C@@H]2CCCN2Cc2nc3ccccc3c(=O)n2CC(N)=O)c1. The third-order valence-corrected chi connectivity index (χ3v) is 5.76. The van der Waals surface area contributed by atoms with Crippen LogP contribution in [0.2, 0.25) is 0 Å². The zero-order valence-corrected chi connectivity index (χ0v) is 17.7. The lowest BCUT2D eigenvalue weighted by atomic mass is 10.0. The molecular formula is C23H26N4O4. The Morgan fingerprint density at radius 2 is 2.00 bits per heavy atom. The largest absolute Gasteiger partial charge is 0.497 e. The van der Waals surface area contributed by atoms with Gasteiger partial charge in [0.25, 0.3) is 5.56 Å². The lowest BCUT2D eigenvalue weighted by Crippen LogP contribution is -2.34. The molecule has 4 rings (SSSR count). The van der Waals surface area contributed by atoms with E-state index in [0.717, 1.165) is 36.4 Å². The standard InChI is InChI=1S/C23H26N4O4/c1-30-15-9-10-20(31-2)17(12-15)19-8-5-11-26(19)14-22-25-18-7-4-3-6-16(18)23(29)27(22)13-21(24)28/h3-4,6-7,9-10,12,19H,5,8,11,13-14H2,1-2H3,(H2,24,28)/t19-/m0/s1. The molecule has 0 saturated carbocycles. The fourth-order valence-corrected chi connectivity index (χ4v) is 4.30. The second-order valence-electron chi connectivity index (χ2n) is 7.64. The minimum atomic E-state index is -0.576. The summed E-state index contributed by atoms with van der Waals surface area (Å²) in [7, 11) is 3.29. The van der Waals surface area contributed by atoms with E-state index >= 15 is 0 Å². The summed E-state index contributed by atoms with van der Waals surface area (Å²) >= 11 is 0. The minimum Gasteiger partial charge on any atom is -0.497 e. The van der Waals surface area contributed by atoms with Gasteiger partial charge in [-0.1, -0.05) is 12.1 Å². The van der Waals surface area contributed by atoms with Gasteiger partial charge >= 0.3 is 0 Å². The second-order valence-corrected chi connectivity index (χ2v) is 7.64. The Balaban J connectivity index is 1.75. The summed E-state index contributed by atoms with van der Waals surface area (Å²) in [5.74, 6) is 1.50. The van der Waals surface area contributed by atoms with Crippen LogP contribution in [-0.2, 0) is 17.9 Å². The summed E-state index contributed by atoms with van der Waals surface area (Å²) in [5, 5.41) is 0.472. The highest BCUT2D eigenvalue weighted by molar-refractivity contribution is 5.78. The molecule has 2 aromatic carbocycles. The fourth-order valence-electron chi connectivity index (χ4n) is 4.30. The molecule has 2 heterocycles. The minimum absolute atomic E-state index is 0.0791. The summed E-state index contributed by atoms with van der Waals surface area (Å²) in [5.41, 5.74) is 6.82. The monoisotopic (exact) mass is 422 g/mol. The number of aromatic nitrogens is 2. The maximum atomic E-state index is 13.1. The summed E-state index contributed by atoms with van der Waals surface area (Å²) in [6.45, 7) is 1.05. The van der Waals surface area contributed by atoms with Gasteiger partial charge in [0.15, 0.2) is 0 Å². The van der Waals surface area contributed by atoms with Gasteiger partial charge < -0.3 is 15.2 Å². The van der Waals surface area contributed by atoms with Crippen LogP contribution in [0.5, 0.6) is 11.5 Å². The van der Waals surface area contributed by atoms with Gasteiger partial charge in [0.1, 0.15) is 23.9 Å². The van der Waals surface area contributed by atoms with Crippen molar-refractivity contribution in [3.63, 3.8) is 0 Å². The van der Waals surface area contributed by atoms with Crippen molar-refractivity contribution in [3.05, 3.63) is 64.2 Å². The molecule has 8 nitrogen and oxygen atoms in total. The molecule has 1 aromatic heterocycles. The number of likely N-dealkylation sites (tertiary alicyclic amines) is 1. The molecule has 1 saturated heterocycles. The van der Waals surface area contributed by atoms with Crippen molar-refractivity contribution < 1.29 is 14.3 Å². The summed E-state index contributed by atoms with van der Waals surface area (Å²) in [6.07, 6.45) is 1.94. The molecule has 0 spiro atoms. The molecule has 1 amide bonds. The van der Waals surface area contributed by atoms with Crippen LogP contribution >= 0.6 is 0 Å². The second kappa shape index (κ2) is 8.77. The van der Waals surface area contributed by atoms with Crippen molar-refractivity contribution in [1.82, 2.24) is 14.5 Å². The smallest absolute Gasteiger partial charge is 0.261 e. The molecule has 1 atom stereocenters. The van der Waals surface area contributed by atoms with Gasteiger partial charge in [-0.3, -0.25) is 19.1 Å². The number of carbonyl (C=O) groups is 1. The summed E-state index contributed by atoms with van der Waals surface area (Å²) in [6, 6.07) is 13.0. The molecular weight excluding hydrogens is 396 g/mol. The summed E-state index contributed by atoms with van der Waals surface area (Å²) in [4.78, 5) is 31.7. The lowest BCUT2D eigenvalue weighted by molar-refractivity contribution is -0.118. The highest BCUT2D eigenvalue weighted by Gasteiger charge is 2.30. The number of nitrogens with zero attached hydrogens (tertiary/aromatic N) is 3. The molecule has 1 aliphatic heterocycles.